The Balaban J connectivity index is 2.71. The summed E-state index contributed by atoms with van der Waals surface area (Å²) in [4.78, 5) is 0. The highest BCUT2D eigenvalue weighted by atomic mass is 79.9. The maximum atomic E-state index is 13.3. The molecule has 13 heavy (non-hydrogen) atoms. The molecule has 3 heteroatoms. The molecule has 0 amide bonds. The van der Waals surface area contributed by atoms with Gasteiger partial charge in [-0.3, -0.25) is 0 Å². The molecule has 0 aliphatic rings. The first-order valence-electron chi connectivity index (χ1n) is 4.22. The molecule has 0 aliphatic carbocycles. The van der Waals surface area contributed by atoms with Gasteiger partial charge in [0, 0.05) is 0 Å². The van der Waals surface area contributed by atoms with Crippen molar-refractivity contribution in [3.63, 3.8) is 0 Å². The van der Waals surface area contributed by atoms with Gasteiger partial charge in [-0.05, 0) is 47.3 Å². The van der Waals surface area contributed by atoms with E-state index >= 15 is 0 Å². The minimum Gasteiger partial charge on any atom is -0.393 e. The van der Waals surface area contributed by atoms with Gasteiger partial charge in [0.1, 0.15) is 5.82 Å². The second-order valence-corrected chi connectivity index (χ2v) is 3.95. The number of aryl methyl sites for hydroxylation is 1. The van der Waals surface area contributed by atoms with Crippen LogP contribution in [0.4, 0.5) is 4.39 Å². The molecule has 72 valence electrons. The molecule has 0 aromatic heterocycles. The Morgan fingerprint density at radius 2 is 2.23 bits per heavy atom. The summed E-state index contributed by atoms with van der Waals surface area (Å²) in [6.07, 6.45) is 0.787. The molecule has 1 nitrogen and oxygen atoms in total. The Morgan fingerprint density at radius 3 is 2.85 bits per heavy atom. The third-order valence-electron chi connectivity index (χ3n) is 1.86. The van der Waals surface area contributed by atoms with Crippen LogP contribution in [0, 0.1) is 5.82 Å². The number of benzene rings is 1. The van der Waals surface area contributed by atoms with Crippen molar-refractivity contribution in [3.05, 3.63) is 34.1 Å². The Hall–Kier alpha value is -0.410. The summed E-state index contributed by atoms with van der Waals surface area (Å²) in [6, 6.07) is 5.20. The van der Waals surface area contributed by atoms with E-state index in [1.54, 1.807) is 25.1 Å². The van der Waals surface area contributed by atoms with Crippen LogP contribution in [-0.4, -0.2) is 11.2 Å². The van der Waals surface area contributed by atoms with Crippen LogP contribution in [0.25, 0.3) is 0 Å². The van der Waals surface area contributed by atoms with E-state index in [-0.39, 0.29) is 11.9 Å². The van der Waals surface area contributed by atoms with Gasteiger partial charge in [-0.2, -0.15) is 0 Å². The average molecular weight is 247 g/mol. The molecule has 1 atom stereocenters. The third kappa shape index (κ3) is 3.08. The maximum Gasteiger partial charge on any atom is 0.140 e. The van der Waals surface area contributed by atoms with Crippen LogP contribution in [0.1, 0.15) is 18.9 Å². The second kappa shape index (κ2) is 4.72. The largest absolute Gasteiger partial charge is 0.393 e. The van der Waals surface area contributed by atoms with Crippen molar-refractivity contribution in [1.29, 1.82) is 0 Å². The summed E-state index contributed by atoms with van der Waals surface area (Å²) in [7, 11) is 0. The fourth-order valence-corrected chi connectivity index (χ4v) is 1.51. The van der Waals surface area contributed by atoms with E-state index in [9.17, 15) is 4.39 Å². The lowest BCUT2D eigenvalue weighted by Gasteiger charge is -2.06. The van der Waals surface area contributed by atoms with Gasteiger partial charge in [0.05, 0.1) is 10.6 Å². The van der Waals surface area contributed by atoms with Gasteiger partial charge < -0.3 is 5.11 Å². The van der Waals surface area contributed by atoms with Crippen molar-refractivity contribution in [3.8, 4) is 0 Å². The number of rotatable bonds is 3. The summed E-state index contributed by atoms with van der Waals surface area (Å²) in [6.45, 7) is 1.70. The topological polar surface area (TPSA) is 20.2 Å². The van der Waals surface area contributed by atoms with Crippen molar-refractivity contribution in [1.82, 2.24) is 0 Å². The normalized spacial score (nSPS) is 12.9. The highest BCUT2D eigenvalue weighted by Gasteiger charge is 2.06. The Kier molecular flexibility index (Phi) is 3.88. The number of hydrogen-bond donors (Lipinski definition) is 1. The van der Waals surface area contributed by atoms with Gasteiger partial charge in [0.25, 0.3) is 0 Å². The van der Waals surface area contributed by atoms with Crippen molar-refractivity contribution < 1.29 is 9.50 Å². The molecule has 0 heterocycles. The Bertz CT molecular complexity index is 286. The van der Waals surface area contributed by atoms with Gasteiger partial charge in [-0.1, -0.05) is 12.1 Å². The lowest BCUT2D eigenvalue weighted by atomic mass is 10.1. The number of aliphatic hydroxyl groups excluding tert-OH is 1. The van der Waals surface area contributed by atoms with Crippen molar-refractivity contribution >= 4 is 15.9 Å². The zero-order chi connectivity index (χ0) is 9.84. The molecule has 0 aliphatic heterocycles. The molecule has 0 saturated carbocycles. The summed E-state index contributed by atoms with van der Waals surface area (Å²) >= 11 is 3.12. The Morgan fingerprint density at radius 1 is 1.54 bits per heavy atom. The summed E-state index contributed by atoms with van der Waals surface area (Å²) in [5, 5.41) is 9.04. The fourth-order valence-electron chi connectivity index (χ4n) is 1.11. The first-order valence-corrected chi connectivity index (χ1v) is 5.01. The lowest BCUT2D eigenvalue weighted by Crippen LogP contribution is -2.02. The van der Waals surface area contributed by atoms with Gasteiger partial charge in [-0.15, -0.1) is 0 Å². The maximum absolute atomic E-state index is 13.3. The minimum atomic E-state index is -0.376. The SMILES string of the molecule is C[C@H](O)CCc1cccc(Br)c1F. The molecular weight excluding hydrogens is 235 g/mol. The molecule has 0 unspecified atom stereocenters. The van der Waals surface area contributed by atoms with Gasteiger partial charge >= 0.3 is 0 Å². The van der Waals surface area contributed by atoms with Gasteiger partial charge in [-0.25, -0.2) is 4.39 Å². The second-order valence-electron chi connectivity index (χ2n) is 3.10. The van der Waals surface area contributed by atoms with Crippen LogP contribution in [0.3, 0.4) is 0 Å². The van der Waals surface area contributed by atoms with Crippen LogP contribution >= 0.6 is 15.9 Å². The highest BCUT2D eigenvalue weighted by molar-refractivity contribution is 9.10. The van der Waals surface area contributed by atoms with Crippen LogP contribution < -0.4 is 0 Å². The first kappa shape index (κ1) is 10.7. The number of halogens is 2. The van der Waals surface area contributed by atoms with E-state index in [2.05, 4.69) is 15.9 Å². The quantitative estimate of drug-likeness (QED) is 0.870. The summed E-state index contributed by atoms with van der Waals surface area (Å²) in [5.74, 6) is -0.219. The van der Waals surface area contributed by atoms with E-state index in [1.807, 2.05) is 0 Å². The van der Waals surface area contributed by atoms with Crippen molar-refractivity contribution in [2.24, 2.45) is 0 Å². The fraction of sp³-hybridized carbons (Fsp3) is 0.400. The van der Waals surface area contributed by atoms with Gasteiger partial charge in [0.2, 0.25) is 0 Å². The van der Waals surface area contributed by atoms with Crippen molar-refractivity contribution in [2.75, 3.05) is 0 Å². The van der Waals surface area contributed by atoms with E-state index in [1.165, 1.54) is 0 Å². The molecule has 0 radical (unpaired) electrons. The molecule has 1 aromatic carbocycles. The predicted octanol–water partition coefficient (Wildman–Crippen LogP) is 2.90. The number of aliphatic hydroxyl groups is 1. The molecule has 1 rings (SSSR count). The number of hydrogen-bond acceptors (Lipinski definition) is 1. The average Bonchev–Trinajstić information content (AvgIpc) is 2.07. The van der Waals surface area contributed by atoms with E-state index in [4.69, 9.17) is 5.11 Å². The smallest absolute Gasteiger partial charge is 0.140 e. The Labute approximate surface area is 85.7 Å². The first-order chi connectivity index (χ1) is 6.11. The molecule has 1 N–H and O–H groups in total. The highest BCUT2D eigenvalue weighted by Crippen LogP contribution is 2.19. The summed E-state index contributed by atoms with van der Waals surface area (Å²) < 4.78 is 13.8. The standard InChI is InChI=1S/C10H12BrFO/c1-7(13)5-6-8-3-2-4-9(11)10(8)12/h2-4,7,13H,5-6H2,1H3/t7-/m0/s1. The van der Waals surface area contributed by atoms with Crippen LogP contribution in [0.2, 0.25) is 0 Å². The third-order valence-corrected chi connectivity index (χ3v) is 2.48. The van der Waals surface area contributed by atoms with E-state index in [0.717, 1.165) is 0 Å². The molecule has 0 bridgehead atoms. The molecule has 0 fully saturated rings. The van der Waals surface area contributed by atoms with Crippen LogP contribution in [0.15, 0.2) is 22.7 Å². The van der Waals surface area contributed by atoms with E-state index < -0.39 is 0 Å². The molecule has 0 saturated heterocycles. The van der Waals surface area contributed by atoms with Crippen LogP contribution in [-0.2, 0) is 6.42 Å². The summed E-state index contributed by atoms with van der Waals surface area (Å²) in [5.41, 5.74) is 0.648. The minimum absolute atomic E-state index is 0.219. The zero-order valence-corrected chi connectivity index (χ0v) is 9.01. The predicted molar refractivity (Wildman–Crippen MR) is 54.1 cm³/mol. The monoisotopic (exact) mass is 246 g/mol. The van der Waals surface area contributed by atoms with Gasteiger partial charge in [0.15, 0.2) is 0 Å². The lowest BCUT2D eigenvalue weighted by molar-refractivity contribution is 0.184. The molecule has 0 spiro atoms. The molecular formula is C10H12BrFO. The zero-order valence-electron chi connectivity index (χ0n) is 7.43. The van der Waals surface area contributed by atoms with Crippen LogP contribution in [0.5, 0.6) is 0 Å². The van der Waals surface area contributed by atoms with Crippen molar-refractivity contribution in [2.45, 2.75) is 25.9 Å². The van der Waals surface area contributed by atoms with E-state index in [0.29, 0.717) is 22.9 Å². The molecule has 1 aromatic rings.